The molecule has 1 fully saturated rings. The topological polar surface area (TPSA) is 368 Å². The molecule has 1 amide bonds. The van der Waals surface area contributed by atoms with Crippen LogP contribution in [0.3, 0.4) is 0 Å². The van der Waals surface area contributed by atoms with E-state index in [-0.39, 0.29) is 24.2 Å². The molecule has 2 atom stereocenters. The number of sulfone groups is 1. The maximum Gasteiger partial charge on any atom is 0.306 e. The number of unbranched alkanes of at least 4 members (excludes halogenated alkanes) is 3. The number of rotatable bonds is 23. The Morgan fingerprint density at radius 1 is 0.597 bits per heavy atom. The lowest BCUT2D eigenvalue weighted by Crippen LogP contribution is -2.28. The molecule has 0 bridgehead atoms. The fraction of sp³-hybridized carbons (Fsp3) is 0.907. The number of methoxy groups -OCH3 is 1. The molecule has 77 heavy (non-hydrogen) atoms. The Morgan fingerprint density at radius 2 is 1.00 bits per heavy atom. The molecule has 21 nitrogen and oxygen atoms in total. The molecule has 1 aliphatic carbocycles. The third-order valence-corrected chi connectivity index (χ3v) is 10.9. The third kappa shape index (κ3) is 147. The van der Waals surface area contributed by atoms with E-state index in [9.17, 15) is 40.8 Å². The fourth-order valence-electron chi connectivity index (χ4n) is 3.66. The Kier molecular flexibility index (Phi) is 99.6. The lowest BCUT2D eigenvalue weighted by atomic mass is 9.76. The highest BCUT2D eigenvalue weighted by Crippen LogP contribution is 2.32. The number of carboxylic acids is 4. The molecule has 10 N–H and O–H groups in total. The van der Waals surface area contributed by atoms with Gasteiger partial charge in [-0.1, -0.05) is 123 Å². The van der Waals surface area contributed by atoms with Gasteiger partial charge in [-0.05, 0) is 87.9 Å². The van der Waals surface area contributed by atoms with Gasteiger partial charge >= 0.3 is 23.9 Å². The van der Waals surface area contributed by atoms with E-state index in [4.69, 9.17) is 55.2 Å². The molecule has 0 aromatic carbocycles. The summed E-state index contributed by atoms with van der Waals surface area (Å²) >= 11 is 0. The van der Waals surface area contributed by atoms with Crippen molar-refractivity contribution in [1.29, 1.82) is 0 Å². The number of carbonyl (C=O) groups excluding carboxylic acids is 1. The van der Waals surface area contributed by atoms with E-state index in [0.29, 0.717) is 87.8 Å². The van der Waals surface area contributed by atoms with Gasteiger partial charge in [0.1, 0.15) is 9.84 Å². The number of hydrogen-bond donors (Lipinski definition) is 10. The largest absolute Gasteiger partial charge is 0.481 e. The van der Waals surface area contributed by atoms with Crippen LogP contribution in [0, 0.1) is 29.6 Å². The number of hydrogen-bond acceptors (Lipinski definition) is 15. The molecule has 1 aliphatic rings. The molecule has 0 heterocycles. The predicted molar refractivity (Wildman–Crippen MR) is 313 cm³/mol. The summed E-state index contributed by atoms with van der Waals surface area (Å²) in [6, 6.07) is 0. The highest BCUT2D eigenvalue weighted by Gasteiger charge is 2.30. The maximum absolute atomic E-state index is 10.4. The van der Waals surface area contributed by atoms with Crippen molar-refractivity contribution >= 4 is 49.7 Å². The van der Waals surface area contributed by atoms with Gasteiger partial charge in [0.2, 0.25) is 5.91 Å². The first-order chi connectivity index (χ1) is 35.4. The van der Waals surface area contributed by atoms with Crippen molar-refractivity contribution in [2.75, 3.05) is 72.0 Å². The SMILES string of the molecule is CC(C)C(C)CO.CC(C)CO.CC1CC(C(=O)O)C1.CCC(=O)N(C)C.CCC(O)CO.CCCC(=O)O.CCCCC(=O)O.CCCCCC(=O)O.CCCO.CCCOC.CCCS(=O)(=O)O.CCCS(C)(=O)=O. The van der Waals surface area contributed by atoms with Crippen molar-refractivity contribution < 1.29 is 96.1 Å². The molecule has 474 valence electrons. The lowest BCUT2D eigenvalue weighted by molar-refractivity contribution is -0.146. The third-order valence-electron chi connectivity index (χ3n) is 8.87. The highest BCUT2D eigenvalue weighted by molar-refractivity contribution is 7.90. The Balaban J connectivity index is -0.0000000689. The Bertz CT molecular complexity index is 1380. The summed E-state index contributed by atoms with van der Waals surface area (Å²) in [7, 11) is -1.12. The molecule has 1 rings (SSSR count). The van der Waals surface area contributed by atoms with Gasteiger partial charge in [0.25, 0.3) is 10.1 Å². The zero-order chi connectivity index (χ0) is 63.6. The van der Waals surface area contributed by atoms with Crippen molar-refractivity contribution in [1.82, 2.24) is 4.90 Å². The van der Waals surface area contributed by atoms with Gasteiger partial charge < -0.3 is 55.6 Å². The second kappa shape index (κ2) is 77.2. The van der Waals surface area contributed by atoms with Gasteiger partial charge in [0, 0.05) is 85.3 Å². The molecule has 23 heteroatoms. The fourth-order valence-corrected chi connectivity index (χ4v) is 4.92. The number of carboxylic acid groups (broad SMARTS) is 4. The minimum Gasteiger partial charge on any atom is -0.481 e. The summed E-state index contributed by atoms with van der Waals surface area (Å²) in [4.78, 5) is 51.4. The first kappa shape index (κ1) is 99.3. The van der Waals surface area contributed by atoms with Gasteiger partial charge in [-0.3, -0.25) is 28.5 Å². The van der Waals surface area contributed by atoms with Crippen molar-refractivity contribution in [3.8, 4) is 0 Å². The molecular weight excluding hydrogens is 1050 g/mol. The first-order valence-corrected chi connectivity index (χ1v) is 30.9. The Hall–Kier alpha value is -3.03. The summed E-state index contributed by atoms with van der Waals surface area (Å²) < 4.78 is 52.7. The van der Waals surface area contributed by atoms with E-state index < -0.39 is 49.9 Å². The number of nitrogens with zero attached hydrogens (tertiary/aromatic N) is 1. The summed E-state index contributed by atoms with van der Waals surface area (Å²) in [5, 5.41) is 73.5. The number of amides is 1. The predicted octanol–water partition coefficient (Wildman–Crippen LogP) is 9.20. The van der Waals surface area contributed by atoms with Crippen LogP contribution in [0.2, 0.25) is 0 Å². The minimum atomic E-state index is -3.67. The van der Waals surface area contributed by atoms with E-state index in [1.807, 2.05) is 62.3 Å². The maximum atomic E-state index is 10.4. The quantitative estimate of drug-likeness (QED) is 0.0336. The average Bonchev–Trinajstić information content (AvgIpc) is 3.32. The zero-order valence-electron chi connectivity index (χ0n) is 51.8. The molecule has 0 saturated heterocycles. The molecule has 0 radical (unpaired) electrons. The van der Waals surface area contributed by atoms with Crippen LogP contribution in [0.4, 0.5) is 0 Å². The standard InChI is InChI=1S/C6H10O2.C6H12O2.C6H14O.C5H11NO.C5H10O2.C4H10O2S.C4H10O2.C4H8O2.2C4H10O.C3H8O3S.C3H8O/c1-4-2-5(3-4)6(7)8;1-2-3-4-5-6(7)8;1-5(2)6(3)4-7;1-4-5(7)6(2)3;1-2-3-4-5(6)7;1-3-4-7(2,5)6;1-2-4(6)3-5;1-2-3-4(5)6;1-4(2)3-5;1-3-4-5-2;1-2-3-7(4,5)6;1-2-3-4/h4-5H,2-3H2,1H3,(H,7,8);2-5H2,1H3,(H,7,8);5-7H,4H2,1-3H3;4H2,1-3H3;2-4H2,1H3,(H,6,7);3-4H2,1-2H3;4-6H,2-3H2,1H3;2-3H2,1H3,(H,5,6);4-5H,3H2,1-2H3;3-4H2,1-2H3;2-3H2,1H3,(H,4,5,6);4H,2-3H2,1H3. The van der Waals surface area contributed by atoms with Crippen LogP contribution in [-0.4, -0.2) is 180 Å². The van der Waals surface area contributed by atoms with Crippen LogP contribution >= 0.6 is 0 Å². The van der Waals surface area contributed by atoms with Crippen LogP contribution in [0.15, 0.2) is 0 Å². The van der Waals surface area contributed by atoms with Crippen molar-refractivity contribution in [2.24, 2.45) is 29.6 Å². The van der Waals surface area contributed by atoms with Crippen LogP contribution in [0.25, 0.3) is 0 Å². The number of aliphatic hydroxyl groups is 5. The molecule has 0 aromatic rings. The van der Waals surface area contributed by atoms with Crippen LogP contribution in [0.5, 0.6) is 0 Å². The van der Waals surface area contributed by atoms with E-state index in [1.54, 1.807) is 33.0 Å². The average molecular weight is 1170 g/mol. The van der Waals surface area contributed by atoms with E-state index in [0.717, 1.165) is 77.2 Å². The second-order valence-electron chi connectivity index (χ2n) is 18.6. The van der Waals surface area contributed by atoms with E-state index >= 15 is 0 Å². The minimum absolute atomic E-state index is 0.0231. The van der Waals surface area contributed by atoms with Gasteiger partial charge in [0.15, 0.2) is 0 Å². The van der Waals surface area contributed by atoms with Gasteiger partial charge in [-0.25, -0.2) is 8.42 Å². The molecule has 0 aliphatic heterocycles. The normalized spacial score (nSPS) is 13.1. The summed E-state index contributed by atoms with van der Waals surface area (Å²) in [5.74, 6) is -0.206. The van der Waals surface area contributed by atoms with Crippen molar-refractivity contribution in [3.63, 3.8) is 0 Å². The first-order valence-electron chi connectivity index (χ1n) is 27.2. The zero-order valence-corrected chi connectivity index (χ0v) is 53.4. The van der Waals surface area contributed by atoms with Gasteiger partial charge in [-0.15, -0.1) is 0 Å². The highest BCUT2D eigenvalue weighted by atomic mass is 32.2. The second-order valence-corrected chi connectivity index (χ2v) is 22.4. The van der Waals surface area contributed by atoms with E-state index in [2.05, 4.69) is 34.6 Å². The number of ether oxygens (including phenoxy) is 1. The van der Waals surface area contributed by atoms with Crippen molar-refractivity contribution in [3.05, 3.63) is 0 Å². The Labute approximate surface area is 469 Å². The number of carbonyl (C=O) groups is 5. The number of aliphatic hydroxyl groups excluding tert-OH is 5. The van der Waals surface area contributed by atoms with Gasteiger partial charge in [0.05, 0.1) is 24.4 Å². The number of aliphatic carboxylic acids is 4. The lowest BCUT2D eigenvalue weighted by Gasteiger charge is -2.28. The van der Waals surface area contributed by atoms with Crippen LogP contribution < -0.4 is 0 Å². The molecular formula is C54H121NO20S2. The smallest absolute Gasteiger partial charge is 0.306 e. The molecule has 0 aromatic heterocycles. The van der Waals surface area contributed by atoms with E-state index in [1.165, 1.54) is 6.26 Å². The molecule has 0 spiro atoms. The Morgan fingerprint density at radius 3 is 1.06 bits per heavy atom. The summed E-state index contributed by atoms with van der Waals surface area (Å²) in [5.41, 5.74) is 0. The summed E-state index contributed by atoms with van der Waals surface area (Å²) in [6.45, 7) is 31.1. The summed E-state index contributed by atoms with van der Waals surface area (Å²) in [6.07, 6.45) is 13.3. The molecule has 1 saturated carbocycles. The van der Waals surface area contributed by atoms with Crippen LogP contribution in [0.1, 0.15) is 213 Å². The monoisotopic (exact) mass is 1170 g/mol. The van der Waals surface area contributed by atoms with Crippen molar-refractivity contribution in [2.45, 2.75) is 219 Å². The molecule has 2 unspecified atom stereocenters. The van der Waals surface area contributed by atoms with Crippen LogP contribution in [-0.2, 0) is 48.7 Å². The van der Waals surface area contributed by atoms with Gasteiger partial charge in [-0.2, -0.15) is 8.42 Å².